The van der Waals surface area contributed by atoms with E-state index in [2.05, 4.69) is 5.32 Å². The topological polar surface area (TPSA) is 33.7 Å². The van der Waals surface area contributed by atoms with Gasteiger partial charge in [-0.2, -0.15) is 13.2 Å². The summed E-state index contributed by atoms with van der Waals surface area (Å²) in [7, 11) is 2.87. The molecule has 1 saturated heterocycles. The SMILES string of the molecule is COc1ccc([C@H](N2CCNCC2)C(F)(F)F)cc1OC.Cl. The summed E-state index contributed by atoms with van der Waals surface area (Å²) in [5.41, 5.74) is 0.169. The third-order valence-corrected chi connectivity index (χ3v) is 3.55. The highest BCUT2D eigenvalue weighted by atomic mass is 35.5. The van der Waals surface area contributed by atoms with Crippen molar-refractivity contribution in [2.75, 3.05) is 40.4 Å². The Labute approximate surface area is 134 Å². The minimum absolute atomic E-state index is 0. The zero-order chi connectivity index (χ0) is 15.5. The minimum atomic E-state index is -4.34. The molecule has 1 aromatic rings. The molecule has 1 heterocycles. The lowest BCUT2D eigenvalue weighted by Gasteiger charge is -2.36. The number of benzene rings is 1. The molecule has 1 fully saturated rings. The molecule has 0 unspecified atom stereocenters. The van der Waals surface area contributed by atoms with Crippen molar-refractivity contribution in [3.8, 4) is 11.5 Å². The molecule has 0 aromatic heterocycles. The lowest BCUT2D eigenvalue weighted by molar-refractivity contribution is -0.187. The fraction of sp³-hybridized carbons (Fsp3) is 0.571. The maximum atomic E-state index is 13.5. The van der Waals surface area contributed by atoms with E-state index in [4.69, 9.17) is 9.47 Å². The molecular weight excluding hydrogens is 321 g/mol. The zero-order valence-corrected chi connectivity index (χ0v) is 13.3. The van der Waals surface area contributed by atoms with Crippen LogP contribution in [0.5, 0.6) is 11.5 Å². The van der Waals surface area contributed by atoms with Gasteiger partial charge >= 0.3 is 6.18 Å². The number of hydrogen-bond acceptors (Lipinski definition) is 4. The summed E-state index contributed by atoms with van der Waals surface area (Å²) < 4.78 is 50.6. The van der Waals surface area contributed by atoms with Crippen LogP contribution in [0.2, 0.25) is 0 Å². The van der Waals surface area contributed by atoms with Crippen molar-refractivity contribution < 1.29 is 22.6 Å². The number of ether oxygens (including phenoxy) is 2. The zero-order valence-electron chi connectivity index (χ0n) is 12.4. The number of piperazine rings is 1. The Morgan fingerprint density at radius 3 is 2.18 bits per heavy atom. The van der Waals surface area contributed by atoms with E-state index in [1.807, 2.05) is 0 Å². The number of methoxy groups -OCH3 is 2. The van der Waals surface area contributed by atoms with Crippen molar-refractivity contribution in [2.24, 2.45) is 0 Å². The number of nitrogens with zero attached hydrogens (tertiary/aromatic N) is 1. The summed E-state index contributed by atoms with van der Waals surface area (Å²) in [5.74, 6) is 0.724. The second-order valence-corrected chi connectivity index (χ2v) is 4.84. The smallest absolute Gasteiger partial charge is 0.408 e. The lowest BCUT2D eigenvalue weighted by Crippen LogP contribution is -2.49. The molecule has 1 aromatic carbocycles. The average Bonchev–Trinajstić information content (AvgIpc) is 2.47. The molecule has 1 aliphatic rings. The maximum absolute atomic E-state index is 13.5. The number of halogens is 4. The van der Waals surface area contributed by atoms with Gasteiger partial charge in [0.2, 0.25) is 0 Å². The Hall–Kier alpha value is -1.18. The van der Waals surface area contributed by atoms with Crippen LogP contribution in [0, 0.1) is 0 Å². The van der Waals surface area contributed by atoms with Gasteiger partial charge in [-0.1, -0.05) is 6.07 Å². The first-order valence-corrected chi connectivity index (χ1v) is 6.70. The summed E-state index contributed by atoms with van der Waals surface area (Å²) in [6, 6.07) is 2.73. The molecule has 1 aliphatic heterocycles. The normalized spacial score (nSPS) is 17.5. The molecule has 1 N–H and O–H groups in total. The summed E-state index contributed by atoms with van der Waals surface area (Å²) in [4.78, 5) is 1.44. The molecule has 0 amide bonds. The molecule has 4 nitrogen and oxygen atoms in total. The Bertz CT molecular complexity index is 480. The van der Waals surface area contributed by atoms with Crippen molar-refractivity contribution in [3.05, 3.63) is 23.8 Å². The predicted octanol–water partition coefficient (Wildman–Crippen LogP) is 2.63. The van der Waals surface area contributed by atoms with Crippen molar-refractivity contribution in [3.63, 3.8) is 0 Å². The van der Waals surface area contributed by atoms with Crippen LogP contribution >= 0.6 is 12.4 Å². The molecule has 0 bridgehead atoms. The van der Waals surface area contributed by atoms with Gasteiger partial charge in [-0.05, 0) is 17.7 Å². The number of rotatable bonds is 4. The summed E-state index contributed by atoms with van der Waals surface area (Å²) in [6.07, 6.45) is -4.34. The summed E-state index contributed by atoms with van der Waals surface area (Å²) in [6.45, 7) is 1.83. The molecule has 0 aliphatic carbocycles. The molecule has 2 rings (SSSR count). The van der Waals surface area contributed by atoms with Crippen LogP contribution in [0.1, 0.15) is 11.6 Å². The van der Waals surface area contributed by atoms with Gasteiger partial charge in [-0.15, -0.1) is 12.4 Å². The first-order chi connectivity index (χ1) is 9.97. The maximum Gasteiger partial charge on any atom is 0.408 e. The fourth-order valence-corrected chi connectivity index (χ4v) is 2.57. The monoisotopic (exact) mass is 340 g/mol. The Balaban J connectivity index is 0.00000242. The van der Waals surface area contributed by atoms with Crippen LogP contribution in [0.3, 0.4) is 0 Å². The van der Waals surface area contributed by atoms with Gasteiger partial charge < -0.3 is 14.8 Å². The van der Waals surface area contributed by atoms with Gasteiger partial charge in [0.15, 0.2) is 11.5 Å². The summed E-state index contributed by atoms with van der Waals surface area (Å²) in [5, 5.41) is 3.06. The highest BCUT2D eigenvalue weighted by Gasteiger charge is 2.45. The van der Waals surface area contributed by atoms with E-state index in [1.54, 1.807) is 0 Å². The van der Waals surface area contributed by atoms with E-state index >= 15 is 0 Å². The molecule has 0 radical (unpaired) electrons. The van der Waals surface area contributed by atoms with E-state index in [-0.39, 0.29) is 18.0 Å². The highest BCUT2D eigenvalue weighted by molar-refractivity contribution is 5.85. The lowest BCUT2D eigenvalue weighted by atomic mass is 10.0. The van der Waals surface area contributed by atoms with Gasteiger partial charge in [-0.3, -0.25) is 4.90 Å². The van der Waals surface area contributed by atoms with E-state index in [9.17, 15) is 13.2 Å². The van der Waals surface area contributed by atoms with Crippen LogP contribution in [-0.2, 0) is 0 Å². The van der Waals surface area contributed by atoms with E-state index < -0.39 is 12.2 Å². The third kappa shape index (κ3) is 4.18. The van der Waals surface area contributed by atoms with Gasteiger partial charge in [0, 0.05) is 26.2 Å². The molecule has 126 valence electrons. The molecule has 0 saturated carbocycles. The van der Waals surface area contributed by atoms with Crippen molar-refractivity contribution in [1.29, 1.82) is 0 Å². The van der Waals surface area contributed by atoms with Crippen molar-refractivity contribution in [2.45, 2.75) is 12.2 Å². The second kappa shape index (κ2) is 7.89. The van der Waals surface area contributed by atoms with Crippen LogP contribution in [0.25, 0.3) is 0 Å². The molecule has 0 spiro atoms. The Morgan fingerprint density at radius 1 is 1.09 bits per heavy atom. The highest BCUT2D eigenvalue weighted by Crippen LogP contribution is 2.40. The first-order valence-electron chi connectivity index (χ1n) is 6.70. The van der Waals surface area contributed by atoms with Crippen molar-refractivity contribution in [1.82, 2.24) is 10.2 Å². The van der Waals surface area contributed by atoms with Gasteiger partial charge in [0.05, 0.1) is 14.2 Å². The predicted molar refractivity (Wildman–Crippen MR) is 80.0 cm³/mol. The van der Waals surface area contributed by atoms with Crippen LogP contribution in [0.4, 0.5) is 13.2 Å². The fourth-order valence-electron chi connectivity index (χ4n) is 2.57. The Morgan fingerprint density at radius 2 is 1.68 bits per heavy atom. The Kier molecular flexibility index (Phi) is 6.77. The number of alkyl halides is 3. The number of hydrogen-bond donors (Lipinski definition) is 1. The molecule has 1 atom stereocenters. The van der Waals surface area contributed by atoms with Crippen LogP contribution in [-0.4, -0.2) is 51.5 Å². The van der Waals surface area contributed by atoms with E-state index in [1.165, 1.54) is 37.3 Å². The molecule has 8 heteroatoms. The quantitative estimate of drug-likeness (QED) is 0.913. The van der Waals surface area contributed by atoms with Gasteiger partial charge in [0.25, 0.3) is 0 Å². The first kappa shape index (κ1) is 18.9. The second-order valence-electron chi connectivity index (χ2n) is 4.84. The molecule has 22 heavy (non-hydrogen) atoms. The molecular formula is C14H20ClF3N2O2. The summed E-state index contributed by atoms with van der Waals surface area (Å²) >= 11 is 0. The van der Waals surface area contributed by atoms with E-state index in [0.717, 1.165) is 0 Å². The van der Waals surface area contributed by atoms with Gasteiger partial charge in [0.1, 0.15) is 6.04 Å². The minimum Gasteiger partial charge on any atom is -0.493 e. The largest absolute Gasteiger partial charge is 0.493 e. The van der Waals surface area contributed by atoms with E-state index in [0.29, 0.717) is 37.7 Å². The van der Waals surface area contributed by atoms with Crippen LogP contribution < -0.4 is 14.8 Å². The number of nitrogens with one attached hydrogen (secondary N) is 1. The standard InChI is InChI=1S/C14H19F3N2O2.ClH/c1-20-11-4-3-10(9-12(11)21-2)13(14(15,16)17)19-7-5-18-6-8-19;/h3-4,9,13,18H,5-8H2,1-2H3;1H/t13-;/m0./s1. The van der Waals surface area contributed by atoms with Gasteiger partial charge in [-0.25, -0.2) is 0 Å². The average molecular weight is 341 g/mol. The third-order valence-electron chi connectivity index (χ3n) is 3.55. The van der Waals surface area contributed by atoms with Crippen LogP contribution in [0.15, 0.2) is 18.2 Å². The van der Waals surface area contributed by atoms with Crippen molar-refractivity contribution >= 4 is 12.4 Å².